The molecule has 0 radical (unpaired) electrons. The summed E-state index contributed by atoms with van der Waals surface area (Å²) in [7, 11) is 0. The molecule has 1 aromatic heterocycles. The van der Waals surface area contributed by atoms with Crippen LogP contribution in [0.4, 0.5) is 8.78 Å². The van der Waals surface area contributed by atoms with Crippen molar-refractivity contribution in [1.29, 1.82) is 5.26 Å². The lowest BCUT2D eigenvalue weighted by Crippen LogP contribution is -1.91. The fraction of sp³-hybridized carbons (Fsp3) is 0. The molecular weight excluding hydrogens is 226 g/mol. The number of hydrogen-bond acceptors (Lipinski definition) is 3. The van der Waals surface area contributed by atoms with E-state index in [0.717, 1.165) is 18.2 Å². The molecule has 0 aliphatic heterocycles. The summed E-state index contributed by atoms with van der Waals surface area (Å²) >= 11 is 0. The Morgan fingerprint density at radius 3 is 2.76 bits per heavy atom. The van der Waals surface area contributed by atoms with Crippen molar-refractivity contribution in [2.75, 3.05) is 0 Å². The number of nitrogens with zero attached hydrogens (tertiary/aromatic N) is 2. The quantitative estimate of drug-likeness (QED) is 0.799. The van der Waals surface area contributed by atoms with E-state index >= 15 is 0 Å². The zero-order chi connectivity index (χ0) is 12.3. The molecule has 0 fully saturated rings. The molecule has 84 valence electrons. The summed E-state index contributed by atoms with van der Waals surface area (Å²) in [5.41, 5.74) is 0.138. The van der Waals surface area contributed by atoms with Gasteiger partial charge in [0.25, 0.3) is 0 Å². The van der Waals surface area contributed by atoms with Gasteiger partial charge in [-0.25, -0.2) is 13.8 Å². The van der Waals surface area contributed by atoms with Crippen LogP contribution in [0.2, 0.25) is 0 Å². The lowest BCUT2D eigenvalue weighted by atomic mass is 10.3. The van der Waals surface area contributed by atoms with Gasteiger partial charge in [-0.1, -0.05) is 0 Å². The van der Waals surface area contributed by atoms with Crippen LogP contribution in [0.25, 0.3) is 0 Å². The highest BCUT2D eigenvalue weighted by Gasteiger charge is 2.06. The Kier molecular flexibility index (Phi) is 2.97. The first-order valence-corrected chi connectivity index (χ1v) is 4.68. The summed E-state index contributed by atoms with van der Waals surface area (Å²) in [4.78, 5) is 3.73. The monoisotopic (exact) mass is 232 g/mol. The molecule has 1 heterocycles. The number of nitriles is 1. The van der Waals surface area contributed by atoms with E-state index in [9.17, 15) is 8.78 Å². The number of pyridine rings is 1. The molecule has 17 heavy (non-hydrogen) atoms. The summed E-state index contributed by atoms with van der Waals surface area (Å²) in [6.07, 6.45) is 1.35. The molecule has 0 amide bonds. The minimum absolute atomic E-state index is 0.138. The SMILES string of the molecule is N#Cc1cc(Oc2cc(F)ccc2F)ccn1. The van der Waals surface area contributed by atoms with Crippen molar-refractivity contribution in [2.45, 2.75) is 0 Å². The minimum atomic E-state index is -0.679. The maximum absolute atomic E-state index is 13.3. The molecule has 2 aromatic rings. The van der Waals surface area contributed by atoms with E-state index in [2.05, 4.69) is 4.98 Å². The predicted molar refractivity (Wildman–Crippen MR) is 55.4 cm³/mol. The van der Waals surface area contributed by atoms with Crippen molar-refractivity contribution in [3.8, 4) is 17.6 Å². The highest BCUT2D eigenvalue weighted by atomic mass is 19.1. The lowest BCUT2D eigenvalue weighted by molar-refractivity contribution is 0.436. The summed E-state index contributed by atoms with van der Waals surface area (Å²) in [5, 5.41) is 8.62. The molecule has 5 heteroatoms. The first-order chi connectivity index (χ1) is 8.19. The van der Waals surface area contributed by atoms with Gasteiger partial charge in [-0.3, -0.25) is 0 Å². The average molecular weight is 232 g/mol. The van der Waals surface area contributed by atoms with Gasteiger partial charge in [-0.2, -0.15) is 5.26 Å². The zero-order valence-corrected chi connectivity index (χ0v) is 8.52. The second-order valence-corrected chi connectivity index (χ2v) is 3.17. The van der Waals surface area contributed by atoms with Crippen molar-refractivity contribution in [3.63, 3.8) is 0 Å². The Morgan fingerprint density at radius 2 is 2.00 bits per heavy atom. The fourth-order valence-corrected chi connectivity index (χ4v) is 1.22. The number of aromatic nitrogens is 1. The van der Waals surface area contributed by atoms with Gasteiger partial charge in [0.15, 0.2) is 11.6 Å². The first kappa shape index (κ1) is 11.0. The molecule has 0 aliphatic carbocycles. The van der Waals surface area contributed by atoms with Crippen LogP contribution in [0.3, 0.4) is 0 Å². The molecule has 3 nitrogen and oxygen atoms in total. The molecule has 1 aromatic carbocycles. The molecule has 0 aliphatic rings. The summed E-state index contributed by atoms with van der Waals surface area (Å²) < 4.78 is 31.3. The van der Waals surface area contributed by atoms with Gasteiger partial charge in [0.1, 0.15) is 23.3 Å². The standard InChI is InChI=1S/C12H6F2N2O/c13-8-1-2-11(14)12(5-8)17-10-3-4-16-9(6-10)7-15/h1-6H. The maximum atomic E-state index is 13.3. The van der Waals surface area contributed by atoms with Crippen LogP contribution >= 0.6 is 0 Å². The number of ether oxygens (including phenoxy) is 1. The fourth-order valence-electron chi connectivity index (χ4n) is 1.22. The first-order valence-electron chi connectivity index (χ1n) is 4.68. The number of benzene rings is 1. The largest absolute Gasteiger partial charge is 0.454 e. The van der Waals surface area contributed by atoms with Gasteiger partial charge >= 0.3 is 0 Å². The van der Waals surface area contributed by atoms with Gasteiger partial charge in [0.05, 0.1) is 0 Å². The Bertz CT molecular complexity index is 593. The van der Waals surface area contributed by atoms with E-state index in [4.69, 9.17) is 10.00 Å². The van der Waals surface area contributed by atoms with E-state index < -0.39 is 11.6 Å². The molecule has 0 saturated carbocycles. The van der Waals surface area contributed by atoms with Crippen molar-refractivity contribution in [1.82, 2.24) is 4.98 Å². The third-order valence-electron chi connectivity index (χ3n) is 1.97. The van der Waals surface area contributed by atoms with Crippen molar-refractivity contribution in [3.05, 3.63) is 53.9 Å². The van der Waals surface area contributed by atoms with Crippen LogP contribution in [0.15, 0.2) is 36.5 Å². The predicted octanol–water partition coefficient (Wildman–Crippen LogP) is 3.02. The number of halogens is 2. The second-order valence-electron chi connectivity index (χ2n) is 3.17. The molecule has 0 unspecified atom stereocenters. The average Bonchev–Trinajstić information content (AvgIpc) is 2.34. The van der Waals surface area contributed by atoms with Crippen molar-refractivity contribution in [2.24, 2.45) is 0 Å². The van der Waals surface area contributed by atoms with Gasteiger partial charge in [-0.05, 0) is 18.2 Å². The molecule has 0 N–H and O–H groups in total. The second kappa shape index (κ2) is 4.58. The van der Waals surface area contributed by atoms with Crippen LogP contribution in [0, 0.1) is 23.0 Å². The zero-order valence-electron chi connectivity index (χ0n) is 8.52. The van der Waals surface area contributed by atoms with Gasteiger partial charge in [0, 0.05) is 18.3 Å². The highest BCUT2D eigenvalue weighted by Crippen LogP contribution is 2.25. The van der Waals surface area contributed by atoms with E-state index in [0.29, 0.717) is 0 Å². The maximum Gasteiger partial charge on any atom is 0.165 e. The van der Waals surface area contributed by atoms with E-state index in [1.165, 1.54) is 18.3 Å². The van der Waals surface area contributed by atoms with Crippen LogP contribution in [-0.2, 0) is 0 Å². The van der Waals surface area contributed by atoms with Gasteiger partial charge < -0.3 is 4.74 Å². The van der Waals surface area contributed by atoms with Crippen LogP contribution in [0.1, 0.15) is 5.69 Å². The third kappa shape index (κ3) is 2.55. The summed E-state index contributed by atoms with van der Waals surface area (Å²) in [6, 6.07) is 7.50. The van der Waals surface area contributed by atoms with Crippen molar-refractivity contribution < 1.29 is 13.5 Å². The van der Waals surface area contributed by atoms with Crippen LogP contribution in [0.5, 0.6) is 11.5 Å². The van der Waals surface area contributed by atoms with Crippen molar-refractivity contribution >= 4 is 0 Å². The van der Waals surface area contributed by atoms with Gasteiger partial charge in [-0.15, -0.1) is 0 Å². The van der Waals surface area contributed by atoms with Crippen LogP contribution < -0.4 is 4.74 Å². The van der Waals surface area contributed by atoms with Crippen LogP contribution in [-0.4, -0.2) is 4.98 Å². The molecule has 0 saturated heterocycles. The topological polar surface area (TPSA) is 45.9 Å². The Labute approximate surface area is 95.9 Å². The number of rotatable bonds is 2. The summed E-state index contributed by atoms with van der Waals surface area (Å²) in [5.74, 6) is -1.29. The van der Waals surface area contributed by atoms with E-state index in [1.807, 2.05) is 6.07 Å². The van der Waals surface area contributed by atoms with Gasteiger partial charge in [0.2, 0.25) is 0 Å². The Hall–Kier alpha value is -2.48. The molecule has 0 spiro atoms. The number of hydrogen-bond donors (Lipinski definition) is 0. The smallest absolute Gasteiger partial charge is 0.165 e. The highest BCUT2D eigenvalue weighted by molar-refractivity contribution is 5.35. The molecular formula is C12H6F2N2O. The van der Waals surface area contributed by atoms with E-state index in [1.54, 1.807) is 0 Å². The normalized spacial score (nSPS) is 9.71. The van der Waals surface area contributed by atoms with E-state index in [-0.39, 0.29) is 17.2 Å². The summed E-state index contributed by atoms with van der Waals surface area (Å²) in [6.45, 7) is 0. The minimum Gasteiger partial charge on any atom is -0.454 e. The molecule has 2 rings (SSSR count). The molecule has 0 atom stereocenters. The molecule has 0 bridgehead atoms. The Morgan fingerprint density at radius 1 is 1.18 bits per heavy atom. The lowest BCUT2D eigenvalue weighted by Gasteiger charge is -2.06. The third-order valence-corrected chi connectivity index (χ3v) is 1.97. The Balaban J connectivity index is 2.31.